The largest absolute Gasteiger partial charge is 0.478 e. The van der Waals surface area contributed by atoms with Crippen LogP contribution in [-0.4, -0.2) is 50.9 Å². The van der Waals surface area contributed by atoms with Gasteiger partial charge in [0.05, 0.1) is 17.0 Å². The average molecular weight is 365 g/mol. The first-order valence-electron chi connectivity index (χ1n) is 5.38. The highest BCUT2D eigenvalue weighted by atomic mass is 79.9. The van der Waals surface area contributed by atoms with Gasteiger partial charge in [0.2, 0.25) is 15.9 Å². The monoisotopic (exact) mass is 364 g/mol. The van der Waals surface area contributed by atoms with Gasteiger partial charge < -0.3 is 10.0 Å². The molecule has 1 rings (SSSR count). The average Bonchev–Trinajstić information content (AvgIpc) is 2.35. The van der Waals surface area contributed by atoms with Crippen molar-refractivity contribution in [2.24, 2.45) is 0 Å². The molecule has 0 bridgehead atoms. The fraction of sp³-hybridized carbons (Fsp3) is 0.273. The molecule has 7 nitrogen and oxygen atoms in total. The lowest BCUT2D eigenvalue weighted by molar-refractivity contribution is -0.127. The molecular formula is C11H13BrN2O5S. The summed E-state index contributed by atoms with van der Waals surface area (Å²) in [6, 6.07) is 3.62. The Balaban J connectivity index is 3.06. The summed E-state index contributed by atoms with van der Waals surface area (Å²) >= 11 is 3.04. The lowest BCUT2D eigenvalue weighted by Crippen LogP contribution is -2.36. The number of amides is 1. The lowest BCUT2D eigenvalue weighted by atomic mass is 10.2. The fourth-order valence-electron chi connectivity index (χ4n) is 1.23. The summed E-state index contributed by atoms with van der Waals surface area (Å²) < 4.78 is 26.4. The summed E-state index contributed by atoms with van der Waals surface area (Å²) in [5, 5.41) is 8.87. The van der Waals surface area contributed by atoms with Gasteiger partial charge in [-0.25, -0.2) is 17.9 Å². The Kier molecular flexibility index (Phi) is 5.26. The van der Waals surface area contributed by atoms with E-state index in [1.807, 2.05) is 0 Å². The number of carbonyl (C=O) groups is 2. The number of nitrogens with one attached hydrogen (secondary N) is 1. The molecule has 0 fully saturated rings. The number of carboxylic acids is 1. The molecule has 110 valence electrons. The van der Waals surface area contributed by atoms with Crippen molar-refractivity contribution < 1.29 is 23.1 Å². The van der Waals surface area contributed by atoms with E-state index in [2.05, 4.69) is 20.7 Å². The molecule has 0 radical (unpaired) electrons. The predicted octanol–water partition coefficient (Wildman–Crippen LogP) is 0.514. The molecule has 1 amide bonds. The normalized spacial score (nSPS) is 11.2. The Hall–Kier alpha value is -1.45. The summed E-state index contributed by atoms with van der Waals surface area (Å²) in [7, 11) is -0.988. The molecule has 20 heavy (non-hydrogen) atoms. The van der Waals surface area contributed by atoms with Crippen LogP contribution in [-0.2, 0) is 14.8 Å². The zero-order valence-corrected chi connectivity index (χ0v) is 13.2. The number of benzene rings is 1. The number of likely N-dealkylation sites (N-methyl/N-ethyl adjacent to an activating group) is 1. The van der Waals surface area contributed by atoms with Crippen molar-refractivity contribution in [3.8, 4) is 0 Å². The molecule has 0 spiro atoms. The first-order valence-corrected chi connectivity index (χ1v) is 7.65. The second-order valence-corrected chi connectivity index (χ2v) is 6.65. The minimum Gasteiger partial charge on any atom is -0.478 e. The first kappa shape index (κ1) is 16.6. The summed E-state index contributed by atoms with van der Waals surface area (Å²) in [6.45, 7) is -0.404. The molecule has 0 saturated carbocycles. The van der Waals surface area contributed by atoms with Gasteiger partial charge in [-0.3, -0.25) is 4.79 Å². The maximum Gasteiger partial charge on any atom is 0.335 e. The Labute approximate surface area is 124 Å². The number of nitrogens with zero attached hydrogens (tertiary/aromatic N) is 1. The Morgan fingerprint density at radius 2 is 1.95 bits per heavy atom. The van der Waals surface area contributed by atoms with Crippen LogP contribution < -0.4 is 4.72 Å². The molecule has 1 aromatic carbocycles. The number of sulfonamides is 1. The van der Waals surface area contributed by atoms with Crippen LogP contribution >= 0.6 is 15.9 Å². The van der Waals surface area contributed by atoms with Crippen LogP contribution in [0.5, 0.6) is 0 Å². The van der Waals surface area contributed by atoms with Crippen molar-refractivity contribution in [2.75, 3.05) is 20.6 Å². The van der Waals surface area contributed by atoms with Gasteiger partial charge in [-0.2, -0.15) is 0 Å². The van der Waals surface area contributed by atoms with E-state index < -0.39 is 28.4 Å². The number of halogens is 1. The van der Waals surface area contributed by atoms with Gasteiger partial charge in [0.25, 0.3) is 0 Å². The third kappa shape index (κ3) is 4.02. The van der Waals surface area contributed by atoms with E-state index in [1.165, 1.54) is 31.1 Å². The third-order valence-electron chi connectivity index (χ3n) is 2.38. The minimum absolute atomic E-state index is 0.160. The van der Waals surface area contributed by atoms with E-state index in [4.69, 9.17) is 5.11 Å². The van der Waals surface area contributed by atoms with Gasteiger partial charge in [-0.15, -0.1) is 0 Å². The van der Waals surface area contributed by atoms with Gasteiger partial charge >= 0.3 is 5.97 Å². The molecule has 0 aromatic heterocycles. The van der Waals surface area contributed by atoms with E-state index in [0.29, 0.717) is 0 Å². The molecule has 1 aromatic rings. The molecule has 0 heterocycles. The van der Waals surface area contributed by atoms with E-state index in [1.54, 1.807) is 0 Å². The third-order valence-corrected chi connectivity index (χ3v) is 4.78. The molecule has 0 aliphatic carbocycles. The molecule has 2 N–H and O–H groups in total. The van der Waals surface area contributed by atoms with Crippen LogP contribution in [0.4, 0.5) is 0 Å². The smallest absolute Gasteiger partial charge is 0.335 e. The highest BCUT2D eigenvalue weighted by molar-refractivity contribution is 9.10. The van der Waals surface area contributed by atoms with Crippen molar-refractivity contribution in [3.63, 3.8) is 0 Å². The second kappa shape index (κ2) is 6.33. The summed E-state index contributed by atoms with van der Waals surface area (Å²) in [6.07, 6.45) is 0. The minimum atomic E-state index is -3.98. The lowest BCUT2D eigenvalue weighted by Gasteiger charge is -2.12. The van der Waals surface area contributed by atoms with Crippen molar-refractivity contribution in [1.82, 2.24) is 9.62 Å². The standard InChI is InChI=1S/C11H13BrN2O5S/c1-14(2)10(15)6-13-20(18,19)9-5-7(11(16)17)3-4-8(9)12/h3-5,13H,6H2,1-2H3,(H,16,17). The zero-order valence-electron chi connectivity index (χ0n) is 10.8. The number of rotatable bonds is 5. The van der Waals surface area contributed by atoms with E-state index in [9.17, 15) is 18.0 Å². The van der Waals surface area contributed by atoms with E-state index >= 15 is 0 Å². The number of hydrogen-bond donors (Lipinski definition) is 2. The van der Waals surface area contributed by atoms with Gasteiger partial charge in [-0.1, -0.05) is 0 Å². The number of aromatic carboxylic acids is 1. The SMILES string of the molecule is CN(C)C(=O)CNS(=O)(=O)c1cc(C(=O)O)ccc1Br. The predicted molar refractivity (Wildman–Crippen MR) is 75.0 cm³/mol. The van der Waals surface area contributed by atoms with Gasteiger partial charge in [0, 0.05) is 18.6 Å². The molecule has 0 aliphatic heterocycles. The molecule has 0 saturated heterocycles. The molecule has 9 heteroatoms. The van der Waals surface area contributed by atoms with Gasteiger partial charge in [-0.05, 0) is 34.1 Å². The molecule has 0 aliphatic rings. The second-order valence-electron chi connectivity index (χ2n) is 4.06. The Bertz CT molecular complexity index is 642. The van der Waals surface area contributed by atoms with Gasteiger partial charge in [0.1, 0.15) is 0 Å². The van der Waals surface area contributed by atoms with Crippen molar-refractivity contribution >= 4 is 37.8 Å². The van der Waals surface area contributed by atoms with Crippen LogP contribution in [0, 0.1) is 0 Å². The summed E-state index contributed by atoms with van der Waals surface area (Å²) in [5.74, 6) is -1.66. The Morgan fingerprint density at radius 1 is 1.35 bits per heavy atom. The Morgan fingerprint density at radius 3 is 2.45 bits per heavy atom. The van der Waals surface area contributed by atoms with Crippen LogP contribution in [0.3, 0.4) is 0 Å². The quantitative estimate of drug-likeness (QED) is 0.792. The van der Waals surface area contributed by atoms with Crippen LogP contribution in [0.25, 0.3) is 0 Å². The fourth-order valence-corrected chi connectivity index (χ4v) is 3.20. The highest BCUT2D eigenvalue weighted by Gasteiger charge is 2.21. The first-order chi connectivity index (χ1) is 9.15. The van der Waals surface area contributed by atoms with Crippen LogP contribution in [0.2, 0.25) is 0 Å². The number of hydrogen-bond acceptors (Lipinski definition) is 4. The summed E-state index contributed by atoms with van der Waals surface area (Å²) in [4.78, 5) is 23.2. The maximum absolute atomic E-state index is 12.1. The van der Waals surface area contributed by atoms with Crippen LogP contribution in [0.1, 0.15) is 10.4 Å². The number of carbonyl (C=O) groups excluding carboxylic acids is 1. The molecular weight excluding hydrogens is 352 g/mol. The zero-order chi connectivity index (χ0) is 15.5. The molecule has 0 atom stereocenters. The molecule has 0 unspecified atom stereocenters. The topological polar surface area (TPSA) is 104 Å². The maximum atomic E-state index is 12.1. The van der Waals surface area contributed by atoms with Gasteiger partial charge in [0.15, 0.2) is 0 Å². The van der Waals surface area contributed by atoms with Crippen molar-refractivity contribution in [3.05, 3.63) is 28.2 Å². The summed E-state index contributed by atoms with van der Waals surface area (Å²) in [5.41, 5.74) is -0.160. The van der Waals surface area contributed by atoms with E-state index in [0.717, 1.165) is 6.07 Å². The number of carboxylic acid groups (broad SMARTS) is 1. The highest BCUT2D eigenvalue weighted by Crippen LogP contribution is 2.23. The van der Waals surface area contributed by atoms with Crippen LogP contribution in [0.15, 0.2) is 27.6 Å². The van der Waals surface area contributed by atoms with E-state index in [-0.39, 0.29) is 14.9 Å². The van der Waals surface area contributed by atoms with Crippen molar-refractivity contribution in [2.45, 2.75) is 4.90 Å². The van der Waals surface area contributed by atoms with Crippen molar-refractivity contribution in [1.29, 1.82) is 0 Å².